The van der Waals surface area contributed by atoms with Gasteiger partial charge < -0.3 is 0 Å². The van der Waals surface area contributed by atoms with Gasteiger partial charge in [-0.25, -0.2) is 4.39 Å². The Morgan fingerprint density at radius 1 is 1.06 bits per heavy atom. The summed E-state index contributed by atoms with van der Waals surface area (Å²) in [4.78, 5) is 11.8. The van der Waals surface area contributed by atoms with Crippen molar-refractivity contribution in [3.63, 3.8) is 0 Å². The van der Waals surface area contributed by atoms with Gasteiger partial charge in [-0.15, -0.1) is 0 Å². The molecule has 0 aromatic heterocycles. The second-order valence-corrected chi connectivity index (χ2v) is 4.32. The van der Waals surface area contributed by atoms with Crippen LogP contribution in [0.5, 0.6) is 0 Å². The number of Topliss-reactive ketones (excluding diaryl/α,β-unsaturated/α-hetero) is 1. The summed E-state index contributed by atoms with van der Waals surface area (Å²) in [7, 11) is 0. The average molecular weight is 226 g/mol. The number of fused-ring (bicyclic) bond motifs is 1. The lowest BCUT2D eigenvalue weighted by Gasteiger charge is -2.10. The standard InChI is InChI=1S/C15H11FO/c16-11-6-7-12-13(9-15(17)14(12)8-11)10-4-2-1-3-5-10/h1-8,13H,9H2. The summed E-state index contributed by atoms with van der Waals surface area (Å²) in [6, 6.07) is 14.4. The lowest BCUT2D eigenvalue weighted by molar-refractivity contribution is 0.0991. The molecular weight excluding hydrogens is 215 g/mol. The average Bonchev–Trinajstić information content (AvgIpc) is 2.68. The third kappa shape index (κ3) is 1.66. The zero-order valence-corrected chi connectivity index (χ0v) is 9.19. The highest BCUT2D eigenvalue weighted by atomic mass is 19.1. The quantitative estimate of drug-likeness (QED) is 0.726. The molecule has 17 heavy (non-hydrogen) atoms. The van der Waals surface area contributed by atoms with Gasteiger partial charge in [-0.2, -0.15) is 0 Å². The number of rotatable bonds is 1. The SMILES string of the molecule is O=C1CC(c2ccccc2)c2ccc(F)cc21. The molecule has 2 aromatic carbocycles. The number of ketones is 1. The second kappa shape index (κ2) is 3.81. The number of carbonyl (C=O) groups excluding carboxylic acids is 1. The molecule has 2 heteroatoms. The van der Waals surface area contributed by atoms with Crippen molar-refractivity contribution in [3.8, 4) is 0 Å². The maximum absolute atomic E-state index is 13.1. The van der Waals surface area contributed by atoms with E-state index in [9.17, 15) is 9.18 Å². The first-order valence-corrected chi connectivity index (χ1v) is 5.63. The zero-order valence-electron chi connectivity index (χ0n) is 9.19. The van der Waals surface area contributed by atoms with Crippen LogP contribution in [0.4, 0.5) is 4.39 Å². The van der Waals surface area contributed by atoms with Crippen molar-refractivity contribution in [2.24, 2.45) is 0 Å². The van der Waals surface area contributed by atoms with Crippen molar-refractivity contribution in [2.45, 2.75) is 12.3 Å². The molecule has 0 fully saturated rings. The molecular formula is C15H11FO. The van der Waals surface area contributed by atoms with Crippen LogP contribution < -0.4 is 0 Å². The third-order valence-electron chi connectivity index (χ3n) is 3.28. The van der Waals surface area contributed by atoms with Crippen molar-refractivity contribution < 1.29 is 9.18 Å². The third-order valence-corrected chi connectivity index (χ3v) is 3.28. The number of benzene rings is 2. The maximum atomic E-state index is 13.1. The molecule has 84 valence electrons. The minimum atomic E-state index is -0.342. The molecule has 1 atom stereocenters. The van der Waals surface area contributed by atoms with Crippen LogP contribution in [0.25, 0.3) is 0 Å². The molecule has 3 rings (SSSR count). The lowest BCUT2D eigenvalue weighted by Crippen LogP contribution is -1.96. The predicted molar refractivity (Wildman–Crippen MR) is 63.6 cm³/mol. The fraction of sp³-hybridized carbons (Fsp3) is 0.133. The molecule has 1 aliphatic rings. The van der Waals surface area contributed by atoms with Crippen LogP contribution in [0.3, 0.4) is 0 Å². The molecule has 1 unspecified atom stereocenters. The van der Waals surface area contributed by atoms with E-state index < -0.39 is 0 Å². The summed E-state index contributed by atoms with van der Waals surface area (Å²) >= 11 is 0. The van der Waals surface area contributed by atoms with Gasteiger partial charge in [0.2, 0.25) is 0 Å². The Kier molecular flexibility index (Phi) is 2.29. The first-order valence-electron chi connectivity index (χ1n) is 5.63. The van der Waals surface area contributed by atoms with Gasteiger partial charge >= 0.3 is 0 Å². The molecule has 0 spiro atoms. The highest BCUT2D eigenvalue weighted by Gasteiger charge is 2.30. The van der Waals surface area contributed by atoms with Crippen LogP contribution in [0, 0.1) is 5.82 Å². The van der Waals surface area contributed by atoms with E-state index in [1.54, 1.807) is 6.07 Å². The lowest BCUT2D eigenvalue weighted by atomic mass is 9.93. The van der Waals surface area contributed by atoms with E-state index in [1.807, 2.05) is 30.3 Å². The number of carbonyl (C=O) groups is 1. The smallest absolute Gasteiger partial charge is 0.164 e. The molecule has 0 heterocycles. The maximum Gasteiger partial charge on any atom is 0.164 e. The number of hydrogen-bond acceptors (Lipinski definition) is 1. The van der Waals surface area contributed by atoms with Crippen LogP contribution >= 0.6 is 0 Å². The molecule has 0 radical (unpaired) electrons. The van der Waals surface area contributed by atoms with Crippen LogP contribution in [-0.2, 0) is 0 Å². The molecule has 0 aliphatic heterocycles. The van der Waals surface area contributed by atoms with Crippen LogP contribution in [0.1, 0.15) is 33.8 Å². The van der Waals surface area contributed by atoms with E-state index in [4.69, 9.17) is 0 Å². The molecule has 1 aliphatic carbocycles. The summed E-state index contributed by atoms with van der Waals surface area (Å²) in [6.07, 6.45) is 0.447. The summed E-state index contributed by atoms with van der Waals surface area (Å²) in [5, 5.41) is 0. The van der Waals surface area contributed by atoms with Crippen molar-refractivity contribution in [2.75, 3.05) is 0 Å². The van der Waals surface area contributed by atoms with Gasteiger partial charge in [0.05, 0.1) is 0 Å². The van der Waals surface area contributed by atoms with E-state index in [0.717, 1.165) is 11.1 Å². The fourth-order valence-corrected chi connectivity index (χ4v) is 2.46. The Hall–Kier alpha value is -1.96. The van der Waals surface area contributed by atoms with Crippen molar-refractivity contribution in [3.05, 3.63) is 71.0 Å². The van der Waals surface area contributed by atoms with E-state index in [2.05, 4.69) is 0 Å². The van der Waals surface area contributed by atoms with Gasteiger partial charge in [-0.05, 0) is 23.3 Å². The van der Waals surface area contributed by atoms with Crippen LogP contribution in [0.2, 0.25) is 0 Å². The Morgan fingerprint density at radius 2 is 1.82 bits per heavy atom. The molecule has 2 aromatic rings. The summed E-state index contributed by atoms with van der Waals surface area (Å²) < 4.78 is 13.1. The Labute approximate surface area is 98.9 Å². The van der Waals surface area contributed by atoms with Crippen molar-refractivity contribution in [1.29, 1.82) is 0 Å². The van der Waals surface area contributed by atoms with Gasteiger partial charge in [-0.1, -0.05) is 36.4 Å². The highest BCUT2D eigenvalue weighted by molar-refractivity contribution is 6.01. The minimum Gasteiger partial charge on any atom is -0.294 e. The Bertz CT molecular complexity index is 575. The summed E-state index contributed by atoms with van der Waals surface area (Å²) in [5.74, 6) is -0.224. The number of hydrogen-bond donors (Lipinski definition) is 0. The van der Waals surface area contributed by atoms with Gasteiger partial charge in [0.25, 0.3) is 0 Å². The van der Waals surface area contributed by atoms with E-state index in [-0.39, 0.29) is 17.5 Å². The first kappa shape index (κ1) is 10.2. The molecule has 0 amide bonds. The van der Waals surface area contributed by atoms with Gasteiger partial charge in [0.1, 0.15) is 5.82 Å². The predicted octanol–water partition coefficient (Wildman–Crippen LogP) is 3.54. The monoisotopic (exact) mass is 226 g/mol. The van der Waals surface area contributed by atoms with Gasteiger partial charge in [-0.3, -0.25) is 4.79 Å². The summed E-state index contributed by atoms with van der Waals surface area (Å²) in [5.41, 5.74) is 2.60. The van der Waals surface area contributed by atoms with Gasteiger partial charge in [0.15, 0.2) is 5.78 Å². The molecule has 0 N–H and O–H groups in total. The molecule has 0 saturated heterocycles. The van der Waals surface area contributed by atoms with E-state index in [1.165, 1.54) is 12.1 Å². The molecule has 1 nitrogen and oxygen atoms in total. The molecule has 0 saturated carbocycles. The first-order chi connectivity index (χ1) is 8.25. The van der Waals surface area contributed by atoms with Crippen molar-refractivity contribution in [1.82, 2.24) is 0 Å². The van der Waals surface area contributed by atoms with Crippen LogP contribution in [-0.4, -0.2) is 5.78 Å². The highest BCUT2D eigenvalue weighted by Crippen LogP contribution is 2.38. The van der Waals surface area contributed by atoms with E-state index in [0.29, 0.717) is 12.0 Å². The zero-order chi connectivity index (χ0) is 11.8. The Morgan fingerprint density at radius 3 is 2.59 bits per heavy atom. The Balaban J connectivity index is 2.11. The van der Waals surface area contributed by atoms with Gasteiger partial charge in [0, 0.05) is 17.9 Å². The largest absolute Gasteiger partial charge is 0.294 e. The van der Waals surface area contributed by atoms with E-state index >= 15 is 0 Å². The second-order valence-electron chi connectivity index (χ2n) is 4.32. The minimum absolute atomic E-state index is 0.0355. The summed E-state index contributed by atoms with van der Waals surface area (Å²) in [6.45, 7) is 0. The number of halogens is 1. The molecule has 0 bridgehead atoms. The normalized spacial score (nSPS) is 18.2. The van der Waals surface area contributed by atoms with Crippen LogP contribution in [0.15, 0.2) is 48.5 Å². The fourth-order valence-electron chi connectivity index (χ4n) is 2.46. The van der Waals surface area contributed by atoms with Crippen molar-refractivity contribution >= 4 is 5.78 Å². The topological polar surface area (TPSA) is 17.1 Å².